The third-order valence-electron chi connectivity index (χ3n) is 4.80. The largest absolute Gasteiger partial charge is 0.358 e. The molecule has 2 N–H and O–H groups in total. The number of nitrogens with zero attached hydrogens (tertiary/aromatic N) is 2. The van der Waals surface area contributed by atoms with Gasteiger partial charge in [0.25, 0.3) is 5.91 Å². The van der Waals surface area contributed by atoms with Crippen LogP contribution in [0.25, 0.3) is 33.4 Å². The van der Waals surface area contributed by atoms with E-state index in [4.69, 9.17) is 0 Å². The van der Waals surface area contributed by atoms with Gasteiger partial charge in [-0.3, -0.25) is 14.8 Å². The molecule has 5 heteroatoms. The standard InChI is InChI=1S/C21H16N4O/c26-21-16-12-19(25-18(16)7-10-24-21)13-6-9-23-20(11-13)15-3-1-5-17-14(15)4-2-8-22-17/h1-6,8-9,11-12,25H,7,10H2,(H,24,26). The van der Waals surface area contributed by atoms with Crippen LogP contribution in [0.2, 0.25) is 0 Å². The lowest BCUT2D eigenvalue weighted by atomic mass is 10.0. The van der Waals surface area contributed by atoms with E-state index in [0.29, 0.717) is 6.54 Å². The van der Waals surface area contributed by atoms with Crippen molar-refractivity contribution in [3.63, 3.8) is 0 Å². The molecule has 0 bridgehead atoms. The first kappa shape index (κ1) is 14.8. The summed E-state index contributed by atoms with van der Waals surface area (Å²) in [4.78, 5) is 24.4. The number of rotatable bonds is 2. The normalized spacial score (nSPS) is 13.5. The van der Waals surface area contributed by atoms with Gasteiger partial charge in [-0.15, -0.1) is 0 Å². The first-order chi connectivity index (χ1) is 12.8. The Bertz CT molecular complexity index is 1140. The molecule has 26 heavy (non-hydrogen) atoms. The minimum absolute atomic E-state index is 0.0110. The second kappa shape index (κ2) is 5.81. The van der Waals surface area contributed by atoms with Gasteiger partial charge >= 0.3 is 0 Å². The molecule has 0 aliphatic carbocycles. The molecule has 1 amide bonds. The quantitative estimate of drug-likeness (QED) is 0.586. The molecule has 4 heterocycles. The lowest BCUT2D eigenvalue weighted by Crippen LogP contribution is -2.31. The van der Waals surface area contributed by atoms with Gasteiger partial charge < -0.3 is 10.3 Å². The summed E-state index contributed by atoms with van der Waals surface area (Å²) in [6, 6.07) is 16.0. The Morgan fingerprint density at radius 1 is 0.923 bits per heavy atom. The van der Waals surface area contributed by atoms with Crippen molar-refractivity contribution in [3.8, 4) is 22.5 Å². The van der Waals surface area contributed by atoms with Gasteiger partial charge in [-0.2, -0.15) is 0 Å². The van der Waals surface area contributed by atoms with Gasteiger partial charge in [0.05, 0.1) is 16.8 Å². The second-order valence-corrected chi connectivity index (χ2v) is 6.39. The van der Waals surface area contributed by atoms with Crippen molar-refractivity contribution in [2.45, 2.75) is 6.42 Å². The number of hydrogen-bond acceptors (Lipinski definition) is 3. The van der Waals surface area contributed by atoms with Crippen molar-refractivity contribution in [2.24, 2.45) is 0 Å². The number of benzene rings is 1. The van der Waals surface area contributed by atoms with Crippen LogP contribution in [0.3, 0.4) is 0 Å². The third kappa shape index (κ3) is 2.37. The van der Waals surface area contributed by atoms with E-state index in [2.05, 4.69) is 38.5 Å². The van der Waals surface area contributed by atoms with Gasteiger partial charge in [-0.25, -0.2) is 0 Å². The van der Waals surface area contributed by atoms with Crippen LogP contribution < -0.4 is 5.32 Å². The number of aromatic amines is 1. The molecule has 0 atom stereocenters. The molecule has 0 unspecified atom stereocenters. The van der Waals surface area contributed by atoms with E-state index in [-0.39, 0.29) is 5.91 Å². The lowest BCUT2D eigenvalue weighted by Gasteiger charge is -2.11. The zero-order chi connectivity index (χ0) is 17.5. The summed E-state index contributed by atoms with van der Waals surface area (Å²) in [6.07, 6.45) is 4.43. The highest BCUT2D eigenvalue weighted by Gasteiger charge is 2.20. The molecule has 5 rings (SSSR count). The molecule has 126 valence electrons. The highest BCUT2D eigenvalue weighted by molar-refractivity contribution is 5.98. The topological polar surface area (TPSA) is 70.7 Å². The number of fused-ring (bicyclic) bond motifs is 2. The molecule has 0 fully saturated rings. The molecule has 1 aliphatic heterocycles. The summed E-state index contributed by atoms with van der Waals surface area (Å²) in [6.45, 7) is 0.677. The van der Waals surface area contributed by atoms with Gasteiger partial charge in [0.2, 0.25) is 0 Å². The summed E-state index contributed by atoms with van der Waals surface area (Å²) in [5, 5.41) is 3.96. The maximum atomic E-state index is 12.0. The Morgan fingerprint density at radius 2 is 1.88 bits per heavy atom. The van der Waals surface area contributed by atoms with Crippen LogP contribution in [-0.4, -0.2) is 27.4 Å². The van der Waals surface area contributed by atoms with Crippen molar-refractivity contribution >= 4 is 16.8 Å². The van der Waals surface area contributed by atoms with Crippen LogP contribution in [0.4, 0.5) is 0 Å². The van der Waals surface area contributed by atoms with Crippen molar-refractivity contribution in [2.75, 3.05) is 6.54 Å². The smallest absolute Gasteiger partial charge is 0.253 e. The fraction of sp³-hybridized carbons (Fsp3) is 0.0952. The van der Waals surface area contributed by atoms with E-state index >= 15 is 0 Å². The number of nitrogens with one attached hydrogen (secondary N) is 2. The van der Waals surface area contributed by atoms with Gasteiger partial charge in [0.1, 0.15) is 0 Å². The van der Waals surface area contributed by atoms with Crippen molar-refractivity contribution in [3.05, 3.63) is 72.2 Å². The van der Waals surface area contributed by atoms with Crippen molar-refractivity contribution in [1.29, 1.82) is 0 Å². The number of H-pyrrole nitrogens is 1. The Balaban J connectivity index is 1.63. The van der Waals surface area contributed by atoms with Crippen LogP contribution in [0.15, 0.2) is 60.9 Å². The zero-order valence-corrected chi connectivity index (χ0v) is 14.0. The summed E-state index contributed by atoms with van der Waals surface area (Å²) >= 11 is 0. The minimum atomic E-state index is -0.0110. The summed E-state index contributed by atoms with van der Waals surface area (Å²) < 4.78 is 0. The molecule has 5 nitrogen and oxygen atoms in total. The third-order valence-corrected chi connectivity index (χ3v) is 4.80. The van der Waals surface area contributed by atoms with Crippen LogP contribution in [0.5, 0.6) is 0 Å². The Kier molecular flexibility index (Phi) is 3.31. The van der Waals surface area contributed by atoms with E-state index in [1.165, 1.54) is 0 Å². The van der Waals surface area contributed by atoms with E-state index in [9.17, 15) is 4.79 Å². The van der Waals surface area contributed by atoms with E-state index in [1.807, 2.05) is 30.3 Å². The number of amides is 1. The Morgan fingerprint density at radius 3 is 2.81 bits per heavy atom. The molecule has 0 radical (unpaired) electrons. The highest BCUT2D eigenvalue weighted by Crippen LogP contribution is 2.30. The molecular formula is C21H16N4O. The van der Waals surface area contributed by atoms with Gasteiger partial charge in [0, 0.05) is 53.3 Å². The second-order valence-electron chi connectivity index (χ2n) is 6.39. The van der Waals surface area contributed by atoms with Gasteiger partial charge in [-0.05, 0) is 30.3 Å². The SMILES string of the molecule is O=C1NCCc2[nH]c(-c3ccnc(-c4cccc5ncccc45)c3)cc21. The lowest BCUT2D eigenvalue weighted by molar-refractivity contribution is 0.0946. The molecular weight excluding hydrogens is 324 g/mol. The van der Waals surface area contributed by atoms with Crippen LogP contribution in [0.1, 0.15) is 16.1 Å². The van der Waals surface area contributed by atoms with Crippen LogP contribution in [0, 0.1) is 0 Å². The number of carbonyl (C=O) groups excluding carboxylic acids is 1. The minimum Gasteiger partial charge on any atom is -0.358 e. The molecule has 0 saturated heterocycles. The predicted molar refractivity (Wildman–Crippen MR) is 101 cm³/mol. The van der Waals surface area contributed by atoms with Crippen LogP contribution in [-0.2, 0) is 6.42 Å². The number of pyridine rings is 2. The summed E-state index contributed by atoms with van der Waals surface area (Å²) in [7, 11) is 0. The maximum absolute atomic E-state index is 12.0. The van der Waals surface area contributed by atoms with Crippen molar-refractivity contribution in [1.82, 2.24) is 20.3 Å². The number of carbonyl (C=O) groups is 1. The number of hydrogen-bond donors (Lipinski definition) is 2. The predicted octanol–water partition coefficient (Wildman–Crippen LogP) is 3.58. The molecule has 4 aromatic rings. The fourth-order valence-electron chi connectivity index (χ4n) is 3.52. The molecule has 0 spiro atoms. The molecule has 1 aromatic carbocycles. The average Bonchev–Trinajstić information content (AvgIpc) is 3.14. The maximum Gasteiger partial charge on any atom is 0.253 e. The first-order valence-electron chi connectivity index (χ1n) is 8.60. The average molecular weight is 340 g/mol. The molecule has 1 aliphatic rings. The van der Waals surface area contributed by atoms with Gasteiger partial charge in [-0.1, -0.05) is 18.2 Å². The van der Waals surface area contributed by atoms with Crippen LogP contribution >= 0.6 is 0 Å². The van der Waals surface area contributed by atoms with Crippen molar-refractivity contribution < 1.29 is 4.79 Å². The van der Waals surface area contributed by atoms with E-state index < -0.39 is 0 Å². The summed E-state index contributed by atoms with van der Waals surface area (Å²) in [5.74, 6) is -0.0110. The number of aromatic nitrogens is 3. The molecule has 3 aromatic heterocycles. The monoisotopic (exact) mass is 340 g/mol. The Labute approximate surface area is 150 Å². The Hall–Kier alpha value is -3.47. The summed E-state index contributed by atoms with van der Waals surface area (Å²) in [5.41, 5.74) is 6.57. The van der Waals surface area contributed by atoms with E-state index in [0.717, 1.165) is 51.1 Å². The van der Waals surface area contributed by atoms with Gasteiger partial charge in [0.15, 0.2) is 0 Å². The van der Waals surface area contributed by atoms with E-state index in [1.54, 1.807) is 12.4 Å². The highest BCUT2D eigenvalue weighted by atomic mass is 16.1. The molecule has 0 saturated carbocycles. The zero-order valence-electron chi connectivity index (χ0n) is 14.0. The fourth-order valence-corrected chi connectivity index (χ4v) is 3.52. The first-order valence-corrected chi connectivity index (χ1v) is 8.60.